The highest BCUT2D eigenvalue weighted by molar-refractivity contribution is 7.18. The molecule has 1 N–H and O–H groups in total. The molecule has 1 aliphatic heterocycles. The van der Waals surface area contributed by atoms with Gasteiger partial charge in [0.05, 0.1) is 18.2 Å². The van der Waals surface area contributed by atoms with Crippen LogP contribution in [0.3, 0.4) is 0 Å². The summed E-state index contributed by atoms with van der Waals surface area (Å²) in [5, 5.41) is 3.79. The number of rotatable bonds is 6. The molecule has 3 rings (SSSR count). The average molecular weight is 403 g/mol. The van der Waals surface area contributed by atoms with Crippen LogP contribution in [0.2, 0.25) is 0 Å². The van der Waals surface area contributed by atoms with Crippen LogP contribution in [0, 0.1) is 0 Å². The van der Waals surface area contributed by atoms with E-state index in [2.05, 4.69) is 10.2 Å². The molecule has 0 saturated carbocycles. The first-order valence-electron chi connectivity index (χ1n) is 9.49. The van der Waals surface area contributed by atoms with Gasteiger partial charge in [0.25, 0.3) is 5.91 Å². The maximum atomic E-state index is 12.7. The first-order valence-corrected chi connectivity index (χ1v) is 10.3. The van der Waals surface area contributed by atoms with Crippen LogP contribution in [0.4, 0.5) is 5.00 Å². The number of ether oxygens (including phenoxy) is 2. The first-order chi connectivity index (χ1) is 13.5. The molecule has 2 heterocycles. The van der Waals surface area contributed by atoms with E-state index in [9.17, 15) is 9.59 Å². The number of morpholine rings is 1. The van der Waals surface area contributed by atoms with Gasteiger partial charge in [0.1, 0.15) is 4.88 Å². The molecule has 0 spiro atoms. The van der Waals surface area contributed by atoms with Crippen molar-refractivity contribution in [1.29, 1.82) is 0 Å². The molecule has 0 radical (unpaired) electrons. The topological polar surface area (TPSA) is 67.9 Å². The van der Waals surface area contributed by atoms with Crippen LogP contribution in [-0.2, 0) is 14.3 Å². The van der Waals surface area contributed by atoms with Gasteiger partial charge >= 0.3 is 5.97 Å². The first kappa shape index (κ1) is 20.4. The molecule has 1 aliphatic rings. The van der Waals surface area contributed by atoms with Crippen molar-refractivity contribution in [3.63, 3.8) is 0 Å². The Labute approximate surface area is 169 Å². The molecule has 6 nitrogen and oxygen atoms in total. The zero-order valence-corrected chi connectivity index (χ0v) is 17.3. The second kappa shape index (κ2) is 9.21. The highest BCUT2D eigenvalue weighted by Crippen LogP contribution is 2.39. The minimum absolute atomic E-state index is 0.00649. The molecule has 1 atom stereocenters. The lowest BCUT2D eigenvalue weighted by atomic mass is 10.1. The van der Waals surface area contributed by atoms with Crippen LogP contribution in [0.1, 0.15) is 30.4 Å². The van der Waals surface area contributed by atoms with Gasteiger partial charge in [-0.25, -0.2) is 4.79 Å². The summed E-state index contributed by atoms with van der Waals surface area (Å²) >= 11 is 1.40. The number of nitrogens with zero attached hydrogens (tertiary/aromatic N) is 1. The monoisotopic (exact) mass is 402 g/mol. The molecule has 28 heavy (non-hydrogen) atoms. The molecule has 0 unspecified atom stereocenters. The van der Waals surface area contributed by atoms with E-state index in [-0.39, 0.29) is 11.9 Å². The van der Waals surface area contributed by atoms with E-state index in [1.807, 2.05) is 50.2 Å². The molecule has 1 aromatic carbocycles. The predicted octanol–water partition coefficient (Wildman–Crippen LogP) is 3.32. The van der Waals surface area contributed by atoms with E-state index in [4.69, 9.17) is 9.47 Å². The van der Waals surface area contributed by atoms with E-state index in [0.29, 0.717) is 18.1 Å². The third-order valence-corrected chi connectivity index (χ3v) is 5.56. The molecule has 2 aromatic rings. The van der Waals surface area contributed by atoms with Crippen molar-refractivity contribution < 1.29 is 19.1 Å². The maximum Gasteiger partial charge on any atom is 0.349 e. The van der Waals surface area contributed by atoms with Crippen LogP contribution in [0.25, 0.3) is 11.1 Å². The van der Waals surface area contributed by atoms with Gasteiger partial charge in [0, 0.05) is 24.7 Å². The normalized spacial score (nSPS) is 15.4. The van der Waals surface area contributed by atoms with Crippen LogP contribution in [-0.4, -0.2) is 50.3 Å². The summed E-state index contributed by atoms with van der Waals surface area (Å²) < 4.78 is 10.9. The number of anilines is 1. The molecule has 1 aromatic heterocycles. The number of benzene rings is 1. The Morgan fingerprint density at radius 2 is 1.82 bits per heavy atom. The largest absolute Gasteiger partial charge is 0.448 e. The van der Waals surface area contributed by atoms with Crippen molar-refractivity contribution in [2.75, 3.05) is 31.2 Å². The Balaban J connectivity index is 1.84. The Morgan fingerprint density at radius 3 is 2.46 bits per heavy atom. The van der Waals surface area contributed by atoms with E-state index in [1.54, 1.807) is 6.92 Å². The fourth-order valence-electron chi connectivity index (χ4n) is 2.98. The van der Waals surface area contributed by atoms with Crippen LogP contribution in [0.5, 0.6) is 0 Å². The molecule has 0 aliphatic carbocycles. The summed E-state index contributed by atoms with van der Waals surface area (Å²) in [6, 6.07) is 11.8. The summed E-state index contributed by atoms with van der Waals surface area (Å²) in [5.74, 6) is -0.773. The van der Waals surface area contributed by atoms with Gasteiger partial charge in [-0.3, -0.25) is 4.79 Å². The summed E-state index contributed by atoms with van der Waals surface area (Å²) in [6.07, 6.45) is -0.844. The Morgan fingerprint density at radius 1 is 1.14 bits per heavy atom. The molecule has 0 bridgehead atoms. The van der Waals surface area contributed by atoms with E-state index in [0.717, 1.165) is 29.2 Å². The van der Waals surface area contributed by atoms with Gasteiger partial charge in [0.2, 0.25) is 0 Å². The third kappa shape index (κ3) is 4.91. The molecular formula is C21H26N2O4S. The molecule has 1 saturated heterocycles. The summed E-state index contributed by atoms with van der Waals surface area (Å²) in [6.45, 7) is 8.21. The smallest absolute Gasteiger partial charge is 0.349 e. The standard InChI is InChI=1S/C21H26N2O4S/c1-14(2)22-19(24)15(3)27-21(25)18-13-17(16-7-5-4-6-8-16)20(28-18)23-9-11-26-12-10-23/h4-8,13-15H,9-12H2,1-3H3,(H,22,24)/t15-/m0/s1. The quantitative estimate of drug-likeness (QED) is 0.751. The lowest BCUT2D eigenvalue weighted by molar-refractivity contribution is -0.129. The van der Waals surface area contributed by atoms with Crippen molar-refractivity contribution in [3.8, 4) is 11.1 Å². The molecular weight excluding hydrogens is 376 g/mol. The number of esters is 1. The van der Waals surface area contributed by atoms with Gasteiger partial charge < -0.3 is 19.7 Å². The molecule has 150 valence electrons. The van der Waals surface area contributed by atoms with E-state index in [1.165, 1.54) is 11.3 Å². The van der Waals surface area contributed by atoms with Gasteiger partial charge in [-0.15, -0.1) is 11.3 Å². The average Bonchev–Trinajstić information content (AvgIpc) is 3.14. The van der Waals surface area contributed by atoms with E-state index < -0.39 is 12.1 Å². The summed E-state index contributed by atoms with van der Waals surface area (Å²) in [7, 11) is 0. The Bertz CT molecular complexity index is 813. The minimum atomic E-state index is -0.844. The fourth-order valence-corrected chi connectivity index (χ4v) is 4.10. The van der Waals surface area contributed by atoms with Gasteiger partial charge in [-0.1, -0.05) is 30.3 Å². The Kier molecular flexibility index (Phi) is 6.70. The highest BCUT2D eigenvalue weighted by atomic mass is 32.1. The zero-order chi connectivity index (χ0) is 20.1. The van der Waals surface area contributed by atoms with Crippen molar-refractivity contribution in [3.05, 3.63) is 41.3 Å². The molecule has 1 fully saturated rings. The fraction of sp³-hybridized carbons (Fsp3) is 0.429. The number of thiophene rings is 1. The minimum Gasteiger partial charge on any atom is -0.448 e. The summed E-state index contributed by atoms with van der Waals surface area (Å²) in [5.41, 5.74) is 2.05. The van der Waals surface area contributed by atoms with Crippen molar-refractivity contribution >= 4 is 28.2 Å². The number of carbonyl (C=O) groups is 2. The van der Waals surface area contributed by atoms with Crippen LogP contribution >= 0.6 is 11.3 Å². The number of hydrogen-bond donors (Lipinski definition) is 1. The lowest BCUT2D eigenvalue weighted by Gasteiger charge is -2.28. The zero-order valence-electron chi connectivity index (χ0n) is 16.4. The van der Waals surface area contributed by atoms with Gasteiger partial charge in [-0.05, 0) is 32.4 Å². The summed E-state index contributed by atoms with van der Waals surface area (Å²) in [4.78, 5) is 27.5. The second-order valence-corrected chi connectivity index (χ2v) is 8.04. The predicted molar refractivity (Wildman–Crippen MR) is 111 cm³/mol. The Hall–Kier alpha value is -2.38. The number of amides is 1. The van der Waals surface area contributed by atoms with Crippen LogP contribution < -0.4 is 10.2 Å². The number of carbonyl (C=O) groups excluding carboxylic acids is 2. The third-order valence-electron chi connectivity index (χ3n) is 4.38. The van der Waals surface area contributed by atoms with E-state index >= 15 is 0 Å². The van der Waals surface area contributed by atoms with Crippen molar-refractivity contribution in [2.24, 2.45) is 0 Å². The molecule has 1 amide bonds. The lowest BCUT2D eigenvalue weighted by Crippen LogP contribution is -2.39. The van der Waals surface area contributed by atoms with Crippen molar-refractivity contribution in [1.82, 2.24) is 5.32 Å². The second-order valence-electron chi connectivity index (χ2n) is 7.01. The van der Waals surface area contributed by atoms with Gasteiger partial charge in [0.15, 0.2) is 6.10 Å². The highest BCUT2D eigenvalue weighted by Gasteiger charge is 2.25. The number of hydrogen-bond acceptors (Lipinski definition) is 6. The van der Waals surface area contributed by atoms with Crippen molar-refractivity contribution in [2.45, 2.75) is 32.9 Å². The SMILES string of the molecule is CC(C)NC(=O)[C@H](C)OC(=O)c1cc(-c2ccccc2)c(N2CCOCC2)s1. The maximum absolute atomic E-state index is 12.7. The number of nitrogens with one attached hydrogen (secondary N) is 1. The molecule has 7 heteroatoms. The van der Waals surface area contributed by atoms with Crippen LogP contribution in [0.15, 0.2) is 36.4 Å². The van der Waals surface area contributed by atoms with Gasteiger partial charge in [-0.2, -0.15) is 0 Å².